The van der Waals surface area contributed by atoms with Crippen molar-refractivity contribution < 1.29 is 23.5 Å². The van der Waals surface area contributed by atoms with E-state index < -0.39 is 29.9 Å². The molecule has 0 spiro atoms. The van der Waals surface area contributed by atoms with Crippen LogP contribution in [0.3, 0.4) is 0 Å². The smallest absolute Gasteiger partial charge is 0.255 e. The predicted molar refractivity (Wildman–Crippen MR) is 97.5 cm³/mol. The molecule has 7 nitrogen and oxygen atoms in total. The summed E-state index contributed by atoms with van der Waals surface area (Å²) in [5, 5.41) is 3.98. The lowest BCUT2D eigenvalue weighted by Gasteiger charge is -2.19. The Labute approximate surface area is 156 Å². The molecule has 0 aliphatic carbocycles. The number of nitrogens with two attached hydrogens (primary N) is 1. The van der Waals surface area contributed by atoms with E-state index in [1.54, 1.807) is 31.3 Å². The third-order valence-electron chi connectivity index (χ3n) is 4.74. The molecule has 0 unspecified atom stereocenters. The van der Waals surface area contributed by atoms with E-state index in [4.69, 9.17) is 15.2 Å². The standard InChI is InChI=1S/C19H22FN3O4/c1-3-11-14(23-18(25)16(11)20)9-27-19-12-8-15(26-4-2)13(17(21)24)7-10(12)5-6-22-19/h5-8,11,14,16H,3-4,9H2,1-2H3,(H2,21,24)(H,23,25)/t11-,14+,16+/m0/s1. The van der Waals surface area contributed by atoms with E-state index in [9.17, 15) is 14.0 Å². The summed E-state index contributed by atoms with van der Waals surface area (Å²) in [4.78, 5) is 27.5. The zero-order chi connectivity index (χ0) is 19.6. The van der Waals surface area contributed by atoms with Gasteiger partial charge in [-0.05, 0) is 36.9 Å². The molecule has 3 rings (SSSR count). The average molecular weight is 375 g/mol. The minimum absolute atomic E-state index is 0.0956. The average Bonchev–Trinajstić information content (AvgIpc) is 2.92. The quantitative estimate of drug-likeness (QED) is 0.770. The van der Waals surface area contributed by atoms with Gasteiger partial charge in [0.25, 0.3) is 11.8 Å². The molecule has 1 fully saturated rings. The van der Waals surface area contributed by atoms with Gasteiger partial charge in [0.2, 0.25) is 5.88 Å². The highest BCUT2D eigenvalue weighted by Crippen LogP contribution is 2.31. The van der Waals surface area contributed by atoms with Gasteiger partial charge in [-0.1, -0.05) is 6.92 Å². The number of halogens is 1. The van der Waals surface area contributed by atoms with Crippen molar-refractivity contribution >= 4 is 22.6 Å². The van der Waals surface area contributed by atoms with Gasteiger partial charge in [0.1, 0.15) is 12.4 Å². The normalized spacial score (nSPS) is 21.9. The lowest BCUT2D eigenvalue weighted by molar-refractivity contribution is -0.123. The van der Waals surface area contributed by atoms with E-state index in [-0.39, 0.29) is 12.2 Å². The second-order valence-corrected chi connectivity index (χ2v) is 6.38. The lowest BCUT2D eigenvalue weighted by Crippen LogP contribution is -2.34. The van der Waals surface area contributed by atoms with Crippen LogP contribution in [-0.2, 0) is 4.79 Å². The minimum Gasteiger partial charge on any atom is -0.493 e. The number of nitrogens with zero attached hydrogens (tertiary/aromatic N) is 1. The van der Waals surface area contributed by atoms with Gasteiger partial charge in [0, 0.05) is 17.5 Å². The first-order valence-electron chi connectivity index (χ1n) is 8.88. The van der Waals surface area contributed by atoms with Crippen molar-refractivity contribution in [3.05, 3.63) is 30.0 Å². The highest BCUT2D eigenvalue weighted by Gasteiger charge is 2.41. The number of hydrogen-bond acceptors (Lipinski definition) is 5. The number of pyridine rings is 1. The van der Waals surface area contributed by atoms with Crippen LogP contribution in [0.1, 0.15) is 30.6 Å². The molecule has 2 amide bonds. The Hall–Kier alpha value is -2.90. The number of carbonyl (C=O) groups is 2. The van der Waals surface area contributed by atoms with Gasteiger partial charge in [-0.2, -0.15) is 0 Å². The monoisotopic (exact) mass is 375 g/mol. The van der Waals surface area contributed by atoms with Crippen LogP contribution in [0.5, 0.6) is 11.6 Å². The maximum atomic E-state index is 13.9. The number of rotatable bonds is 7. The highest BCUT2D eigenvalue weighted by molar-refractivity contribution is 6.01. The van der Waals surface area contributed by atoms with Gasteiger partial charge in [0.05, 0.1) is 18.2 Å². The molecule has 0 bridgehead atoms. The molecule has 3 atom stereocenters. The number of amides is 2. The molecule has 2 aromatic rings. The molecule has 1 aromatic carbocycles. The van der Waals surface area contributed by atoms with Gasteiger partial charge in [-0.15, -0.1) is 0 Å². The summed E-state index contributed by atoms with van der Waals surface area (Å²) in [7, 11) is 0. The molecule has 1 aliphatic heterocycles. The summed E-state index contributed by atoms with van der Waals surface area (Å²) in [6.07, 6.45) is 0.547. The van der Waals surface area contributed by atoms with Crippen LogP contribution in [0.25, 0.3) is 10.8 Å². The minimum atomic E-state index is -1.52. The summed E-state index contributed by atoms with van der Waals surface area (Å²) in [5.41, 5.74) is 5.70. The van der Waals surface area contributed by atoms with E-state index in [2.05, 4.69) is 10.3 Å². The van der Waals surface area contributed by atoms with Gasteiger partial charge < -0.3 is 20.5 Å². The van der Waals surface area contributed by atoms with Gasteiger partial charge >= 0.3 is 0 Å². The molecular weight excluding hydrogens is 353 g/mol. The van der Waals surface area contributed by atoms with Gasteiger partial charge in [-0.3, -0.25) is 9.59 Å². The molecule has 1 aliphatic rings. The number of aromatic nitrogens is 1. The van der Waals surface area contributed by atoms with Crippen LogP contribution >= 0.6 is 0 Å². The number of benzene rings is 1. The van der Waals surface area contributed by atoms with Crippen molar-refractivity contribution in [2.75, 3.05) is 13.2 Å². The molecule has 144 valence electrons. The number of carbonyl (C=O) groups excluding carboxylic acids is 2. The molecule has 2 heterocycles. The summed E-state index contributed by atoms with van der Waals surface area (Å²) in [5.74, 6) is -0.970. The fourth-order valence-corrected chi connectivity index (χ4v) is 3.35. The van der Waals surface area contributed by atoms with E-state index in [0.29, 0.717) is 35.4 Å². The van der Waals surface area contributed by atoms with Crippen molar-refractivity contribution in [2.24, 2.45) is 11.7 Å². The van der Waals surface area contributed by atoms with Crippen molar-refractivity contribution in [1.82, 2.24) is 10.3 Å². The third-order valence-corrected chi connectivity index (χ3v) is 4.74. The van der Waals surface area contributed by atoms with Crippen LogP contribution in [0.15, 0.2) is 24.4 Å². The van der Waals surface area contributed by atoms with Crippen molar-refractivity contribution in [1.29, 1.82) is 0 Å². The number of primary amides is 1. The number of ether oxygens (including phenoxy) is 2. The van der Waals surface area contributed by atoms with Crippen LogP contribution in [0, 0.1) is 5.92 Å². The lowest BCUT2D eigenvalue weighted by atomic mass is 9.97. The number of hydrogen-bond donors (Lipinski definition) is 2. The Morgan fingerprint density at radius 2 is 2.11 bits per heavy atom. The fourth-order valence-electron chi connectivity index (χ4n) is 3.35. The summed E-state index contributed by atoms with van der Waals surface area (Å²) in [6.45, 7) is 4.10. The van der Waals surface area contributed by atoms with Crippen molar-refractivity contribution in [2.45, 2.75) is 32.5 Å². The van der Waals surface area contributed by atoms with E-state index in [1.807, 2.05) is 6.92 Å². The summed E-state index contributed by atoms with van der Waals surface area (Å²) < 4.78 is 25.2. The number of alkyl halides is 1. The van der Waals surface area contributed by atoms with Gasteiger partial charge in [0.15, 0.2) is 6.17 Å². The maximum absolute atomic E-state index is 13.9. The molecule has 0 saturated carbocycles. The van der Waals surface area contributed by atoms with Crippen LogP contribution in [-0.4, -0.2) is 42.2 Å². The fraction of sp³-hybridized carbons (Fsp3) is 0.421. The summed E-state index contributed by atoms with van der Waals surface area (Å²) in [6, 6.07) is 4.59. The Balaban J connectivity index is 1.89. The molecule has 1 saturated heterocycles. The topological polar surface area (TPSA) is 104 Å². The van der Waals surface area contributed by atoms with Crippen molar-refractivity contribution in [3.63, 3.8) is 0 Å². The SMILES string of the molecule is CCOc1cc2c(OC[C@H]3NC(=O)[C@H](F)[C@H]3CC)nccc2cc1C(N)=O. The Morgan fingerprint density at radius 1 is 1.33 bits per heavy atom. The van der Waals surface area contributed by atoms with Crippen LogP contribution < -0.4 is 20.5 Å². The van der Waals surface area contributed by atoms with Crippen LogP contribution in [0.4, 0.5) is 4.39 Å². The van der Waals surface area contributed by atoms with Crippen LogP contribution in [0.2, 0.25) is 0 Å². The Morgan fingerprint density at radius 3 is 2.78 bits per heavy atom. The molecule has 27 heavy (non-hydrogen) atoms. The number of fused-ring (bicyclic) bond motifs is 1. The van der Waals surface area contributed by atoms with Gasteiger partial charge in [-0.25, -0.2) is 9.37 Å². The van der Waals surface area contributed by atoms with E-state index in [0.717, 1.165) is 0 Å². The zero-order valence-corrected chi connectivity index (χ0v) is 15.2. The first-order valence-corrected chi connectivity index (χ1v) is 8.88. The summed E-state index contributed by atoms with van der Waals surface area (Å²) >= 11 is 0. The molecule has 0 radical (unpaired) electrons. The maximum Gasteiger partial charge on any atom is 0.255 e. The largest absolute Gasteiger partial charge is 0.493 e. The molecule has 3 N–H and O–H groups in total. The van der Waals surface area contributed by atoms with E-state index in [1.165, 1.54) is 0 Å². The van der Waals surface area contributed by atoms with E-state index >= 15 is 0 Å². The predicted octanol–water partition coefficient (Wildman–Crippen LogP) is 1.97. The number of nitrogens with one attached hydrogen (secondary N) is 1. The highest BCUT2D eigenvalue weighted by atomic mass is 19.1. The Bertz CT molecular complexity index is 873. The molecule has 8 heteroatoms. The second-order valence-electron chi connectivity index (χ2n) is 6.38. The first kappa shape index (κ1) is 18.9. The first-order chi connectivity index (χ1) is 13.0. The second kappa shape index (κ2) is 7.77. The van der Waals surface area contributed by atoms with Crippen molar-refractivity contribution in [3.8, 4) is 11.6 Å². The molecule has 1 aromatic heterocycles. The Kier molecular flexibility index (Phi) is 5.43. The third kappa shape index (κ3) is 3.65. The molecular formula is C19H22FN3O4. The zero-order valence-electron chi connectivity index (χ0n) is 15.2.